The van der Waals surface area contributed by atoms with Crippen LogP contribution in [0.4, 0.5) is 0 Å². The van der Waals surface area contributed by atoms with E-state index in [1.54, 1.807) is 12.1 Å². The lowest BCUT2D eigenvalue weighted by molar-refractivity contribution is 0.557. The molecule has 1 aliphatic carbocycles. The zero-order chi connectivity index (χ0) is 12.8. The highest BCUT2D eigenvalue weighted by Crippen LogP contribution is 2.64. The Balaban J connectivity index is 2.49. The Bertz CT molecular complexity index is 534. The first-order valence-corrected chi connectivity index (χ1v) is 7.68. The summed E-state index contributed by atoms with van der Waals surface area (Å²) < 4.78 is 23.5. The van der Waals surface area contributed by atoms with Gasteiger partial charge in [0.25, 0.3) is 0 Å². The molecule has 0 spiro atoms. The molecule has 3 nitrogen and oxygen atoms in total. The summed E-state index contributed by atoms with van der Waals surface area (Å²) in [6.45, 7) is 4.90. The minimum absolute atomic E-state index is 0.107. The summed E-state index contributed by atoms with van der Waals surface area (Å²) in [6, 6.07) is 7.27. The van der Waals surface area contributed by atoms with E-state index in [9.17, 15) is 8.42 Å². The third-order valence-corrected chi connectivity index (χ3v) is 5.13. The molecule has 2 atom stereocenters. The normalized spacial score (nSPS) is 26.8. The summed E-state index contributed by atoms with van der Waals surface area (Å²) in [5.41, 5.74) is 6.78. The van der Waals surface area contributed by atoms with Crippen LogP contribution in [0.1, 0.15) is 25.3 Å². The Kier molecular flexibility index (Phi) is 2.83. The Labute approximate surface area is 103 Å². The molecule has 0 saturated heterocycles. The van der Waals surface area contributed by atoms with Crippen LogP contribution in [-0.2, 0) is 9.84 Å². The summed E-state index contributed by atoms with van der Waals surface area (Å²) in [4.78, 5) is 0.453. The molecule has 1 fully saturated rings. The second-order valence-corrected chi connectivity index (χ2v) is 7.44. The summed E-state index contributed by atoms with van der Waals surface area (Å²) in [6.07, 6.45) is 1.26. The van der Waals surface area contributed by atoms with Crippen molar-refractivity contribution in [3.63, 3.8) is 0 Å². The summed E-state index contributed by atoms with van der Waals surface area (Å²) in [5, 5.41) is 0. The van der Waals surface area contributed by atoms with Gasteiger partial charge in [-0.25, -0.2) is 8.42 Å². The van der Waals surface area contributed by atoms with Crippen molar-refractivity contribution in [2.24, 2.45) is 17.1 Å². The van der Waals surface area contributed by atoms with Gasteiger partial charge in [0.15, 0.2) is 9.84 Å². The first kappa shape index (κ1) is 12.6. The van der Waals surface area contributed by atoms with E-state index >= 15 is 0 Å². The second kappa shape index (κ2) is 3.82. The molecule has 2 rings (SSSR count). The average Bonchev–Trinajstić information content (AvgIpc) is 2.79. The highest BCUT2D eigenvalue weighted by atomic mass is 32.2. The van der Waals surface area contributed by atoms with Gasteiger partial charge in [-0.3, -0.25) is 0 Å². The summed E-state index contributed by atoms with van der Waals surface area (Å²) >= 11 is 0. The first-order valence-electron chi connectivity index (χ1n) is 5.79. The number of benzene rings is 1. The highest BCUT2D eigenvalue weighted by Gasteiger charge is 2.58. The third kappa shape index (κ3) is 2.00. The van der Waals surface area contributed by atoms with Gasteiger partial charge >= 0.3 is 0 Å². The molecule has 4 heteroatoms. The molecule has 0 aliphatic heterocycles. The maximum absolute atomic E-state index is 11.8. The van der Waals surface area contributed by atoms with Crippen LogP contribution in [0, 0.1) is 11.3 Å². The predicted molar refractivity (Wildman–Crippen MR) is 68.6 cm³/mol. The molecule has 0 aromatic heterocycles. The fourth-order valence-electron chi connectivity index (χ4n) is 2.88. The van der Waals surface area contributed by atoms with E-state index in [1.165, 1.54) is 6.26 Å². The van der Waals surface area contributed by atoms with Gasteiger partial charge in [-0.1, -0.05) is 32.0 Å². The Morgan fingerprint density at radius 3 is 2.35 bits per heavy atom. The zero-order valence-electron chi connectivity index (χ0n) is 10.5. The van der Waals surface area contributed by atoms with Crippen molar-refractivity contribution < 1.29 is 8.42 Å². The minimum atomic E-state index is -3.16. The van der Waals surface area contributed by atoms with Gasteiger partial charge in [0.05, 0.1) is 4.90 Å². The van der Waals surface area contributed by atoms with Gasteiger partial charge in [-0.05, 0) is 35.4 Å². The molecule has 0 unspecified atom stereocenters. The molecular weight excluding hydrogens is 234 g/mol. The van der Waals surface area contributed by atoms with Crippen LogP contribution in [0.3, 0.4) is 0 Å². The fourth-order valence-corrected chi connectivity index (χ4v) is 3.83. The van der Waals surface area contributed by atoms with Crippen LogP contribution in [0.2, 0.25) is 0 Å². The molecule has 0 heterocycles. The van der Waals surface area contributed by atoms with Gasteiger partial charge in [0.2, 0.25) is 0 Å². The number of nitrogens with two attached hydrogens (primary N) is 1. The minimum Gasteiger partial charge on any atom is -0.330 e. The van der Waals surface area contributed by atoms with Crippen molar-refractivity contribution >= 4 is 9.84 Å². The van der Waals surface area contributed by atoms with Crippen LogP contribution >= 0.6 is 0 Å². The standard InChI is InChI=1S/C13H19NO2S/c1-13(2)10(8-14)12(13)9-6-4-5-7-11(9)17(3,15)16/h4-7,10,12H,8,14H2,1-3H3/t10-,12-/m0/s1. The largest absolute Gasteiger partial charge is 0.330 e. The first-order chi connectivity index (χ1) is 7.80. The molecule has 17 heavy (non-hydrogen) atoms. The van der Waals surface area contributed by atoms with Crippen LogP contribution in [0.5, 0.6) is 0 Å². The molecule has 1 aromatic carbocycles. The van der Waals surface area contributed by atoms with E-state index in [-0.39, 0.29) is 11.3 Å². The highest BCUT2D eigenvalue weighted by molar-refractivity contribution is 7.90. The second-order valence-electron chi connectivity index (χ2n) is 5.45. The Morgan fingerprint density at radius 1 is 1.29 bits per heavy atom. The van der Waals surface area contributed by atoms with E-state index in [4.69, 9.17) is 5.73 Å². The van der Waals surface area contributed by atoms with Crippen molar-refractivity contribution in [2.45, 2.75) is 24.7 Å². The average molecular weight is 253 g/mol. The van der Waals surface area contributed by atoms with Crippen molar-refractivity contribution in [3.8, 4) is 0 Å². The Morgan fingerprint density at radius 2 is 1.88 bits per heavy atom. The zero-order valence-corrected chi connectivity index (χ0v) is 11.3. The van der Waals surface area contributed by atoms with E-state index in [0.29, 0.717) is 17.4 Å². The van der Waals surface area contributed by atoms with Crippen molar-refractivity contribution in [2.75, 3.05) is 12.8 Å². The molecular formula is C13H19NO2S. The van der Waals surface area contributed by atoms with Gasteiger partial charge in [0, 0.05) is 6.26 Å². The van der Waals surface area contributed by atoms with Crippen LogP contribution in [0.15, 0.2) is 29.2 Å². The van der Waals surface area contributed by atoms with E-state index in [1.807, 2.05) is 12.1 Å². The molecule has 1 aromatic rings. The maximum atomic E-state index is 11.8. The van der Waals surface area contributed by atoms with Crippen molar-refractivity contribution in [1.82, 2.24) is 0 Å². The van der Waals surface area contributed by atoms with Gasteiger partial charge in [-0.2, -0.15) is 0 Å². The third-order valence-electron chi connectivity index (χ3n) is 3.96. The molecule has 1 aliphatic rings. The van der Waals surface area contributed by atoms with Crippen molar-refractivity contribution in [3.05, 3.63) is 29.8 Å². The number of hydrogen-bond acceptors (Lipinski definition) is 3. The molecule has 0 amide bonds. The molecule has 0 radical (unpaired) electrons. The molecule has 94 valence electrons. The van der Waals surface area contributed by atoms with E-state index < -0.39 is 9.84 Å². The molecule has 2 N–H and O–H groups in total. The fraction of sp³-hybridized carbons (Fsp3) is 0.538. The van der Waals surface area contributed by atoms with Crippen LogP contribution < -0.4 is 5.73 Å². The number of sulfone groups is 1. The molecule has 1 saturated carbocycles. The quantitative estimate of drug-likeness (QED) is 0.893. The Hall–Kier alpha value is -0.870. The smallest absolute Gasteiger partial charge is 0.175 e. The SMILES string of the molecule is CC1(C)[C@@H](CN)[C@@H]1c1ccccc1S(C)(=O)=O. The van der Waals surface area contributed by atoms with Crippen LogP contribution in [0.25, 0.3) is 0 Å². The van der Waals surface area contributed by atoms with Gasteiger partial charge in [0.1, 0.15) is 0 Å². The van der Waals surface area contributed by atoms with Gasteiger partial charge < -0.3 is 5.73 Å². The molecule has 0 bridgehead atoms. The summed E-state index contributed by atoms with van der Waals surface area (Å²) in [5.74, 6) is 0.642. The lowest BCUT2D eigenvalue weighted by Gasteiger charge is -2.08. The summed E-state index contributed by atoms with van der Waals surface area (Å²) in [7, 11) is -3.16. The number of hydrogen-bond donors (Lipinski definition) is 1. The van der Waals surface area contributed by atoms with Gasteiger partial charge in [-0.15, -0.1) is 0 Å². The van der Waals surface area contributed by atoms with Crippen LogP contribution in [-0.4, -0.2) is 21.2 Å². The predicted octanol–water partition coefficient (Wildman–Crippen LogP) is 1.79. The lowest BCUT2D eigenvalue weighted by atomic mass is 10.0. The monoisotopic (exact) mass is 253 g/mol. The number of rotatable bonds is 3. The van der Waals surface area contributed by atoms with E-state index in [0.717, 1.165) is 5.56 Å². The topological polar surface area (TPSA) is 60.2 Å². The maximum Gasteiger partial charge on any atom is 0.175 e. The van der Waals surface area contributed by atoms with E-state index in [2.05, 4.69) is 13.8 Å². The lowest BCUT2D eigenvalue weighted by Crippen LogP contribution is -2.06. The van der Waals surface area contributed by atoms with Crippen molar-refractivity contribution in [1.29, 1.82) is 0 Å².